The van der Waals surface area contributed by atoms with Crippen LogP contribution in [0.2, 0.25) is 0 Å². The number of para-hydroxylation sites is 2. The first-order valence-electron chi connectivity index (χ1n) is 10.3. The molecular weight excluding hydrogens is 394 g/mol. The molecule has 8 nitrogen and oxygen atoms in total. The van der Waals surface area contributed by atoms with Gasteiger partial charge in [-0.15, -0.1) is 0 Å². The third-order valence-corrected chi connectivity index (χ3v) is 5.66. The highest BCUT2D eigenvalue weighted by atomic mass is 16.5. The summed E-state index contributed by atoms with van der Waals surface area (Å²) in [6, 6.07) is 17.1. The van der Waals surface area contributed by atoms with Crippen LogP contribution in [0.15, 0.2) is 54.6 Å². The maximum absolute atomic E-state index is 13.3. The van der Waals surface area contributed by atoms with Crippen LogP contribution in [0.5, 0.6) is 0 Å². The lowest BCUT2D eigenvalue weighted by Crippen LogP contribution is -2.60. The maximum atomic E-state index is 13.3. The van der Waals surface area contributed by atoms with Crippen molar-refractivity contribution in [2.24, 2.45) is 5.73 Å². The molecule has 1 aromatic heterocycles. The van der Waals surface area contributed by atoms with E-state index in [4.69, 9.17) is 10.5 Å². The lowest BCUT2D eigenvalue weighted by atomic mass is 10.1. The van der Waals surface area contributed by atoms with E-state index in [1.54, 1.807) is 12.0 Å². The molecule has 2 N–H and O–H groups in total. The van der Waals surface area contributed by atoms with Crippen molar-refractivity contribution in [3.63, 3.8) is 0 Å². The third kappa shape index (κ3) is 4.60. The van der Waals surface area contributed by atoms with Crippen molar-refractivity contribution in [3.8, 4) is 0 Å². The molecule has 162 valence electrons. The molecule has 1 aliphatic heterocycles. The zero-order valence-corrected chi connectivity index (χ0v) is 17.6. The quantitative estimate of drug-likeness (QED) is 0.622. The number of piperazine rings is 1. The Bertz CT molecular complexity index is 1070. The van der Waals surface area contributed by atoms with E-state index in [0.717, 1.165) is 17.6 Å². The number of rotatable bonds is 7. The van der Waals surface area contributed by atoms with Gasteiger partial charge in [0.25, 0.3) is 0 Å². The molecule has 3 aromatic rings. The Balaban J connectivity index is 1.51. The van der Waals surface area contributed by atoms with Crippen molar-refractivity contribution >= 4 is 22.8 Å². The van der Waals surface area contributed by atoms with Gasteiger partial charge in [-0.05, 0) is 17.7 Å². The maximum Gasteiger partial charge on any atom is 0.243 e. The number of fused-ring (bicyclic) bond motifs is 1. The average Bonchev–Trinajstić information content (AvgIpc) is 3.11. The van der Waals surface area contributed by atoms with Crippen molar-refractivity contribution in [1.29, 1.82) is 0 Å². The zero-order chi connectivity index (χ0) is 21.8. The number of hydrogen-bond acceptors (Lipinski definition) is 5. The van der Waals surface area contributed by atoms with Gasteiger partial charge in [-0.2, -0.15) is 0 Å². The molecule has 0 radical (unpaired) electrons. The molecule has 4 rings (SSSR count). The molecule has 0 bridgehead atoms. The van der Waals surface area contributed by atoms with E-state index in [9.17, 15) is 9.59 Å². The van der Waals surface area contributed by atoms with E-state index in [1.165, 1.54) is 5.56 Å². The van der Waals surface area contributed by atoms with Gasteiger partial charge in [-0.25, -0.2) is 4.98 Å². The number of primary amides is 1. The second-order valence-corrected chi connectivity index (χ2v) is 7.76. The summed E-state index contributed by atoms with van der Waals surface area (Å²) in [5, 5.41) is 0. The minimum absolute atomic E-state index is 0.0850. The van der Waals surface area contributed by atoms with Crippen molar-refractivity contribution in [3.05, 3.63) is 66.0 Å². The summed E-state index contributed by atoms with van der Waals surface area (Å²) in [6.07, 6.45) is 0. The van der Waals surface area contributed by atoms with E-state index < -0.39 is 11.9 Å². The number of ether oxygens (including phenoxy) is 1. The fourth-order valence-electron chi connectivity index (χ4n) is 4.13. The molecule has 1 saturated heterocycles. The third-order valence-electron chi connectivity index (χ3n) is 5.66. The second-order valence-electron chi connectivity index (χ2n) is 7.76. The topological polar surface area (TPSA) is 93.7 Å². The number of nitrogens with two attached hydrogens (primary N) is 1. The number of methoxy groups -OCH3 is 1. The highest BCUT2D eigenvalue weighted by Gasteiger charge is 2.34. The lowest BCUT2D eigenvalue weighted by molar-refractivity contribution is -0.143. The fourth-order valence-corrected chi connectivity index (χ4v) is 4.13. The first kappa shape index (κ1) is 21.0. The largest absolute Gasteiger partial charge is 0.377 e. The number of benzene rings is 2. The molecule has 2 amide bonds. The number of carbonyl (C=O) groups is 2. The van der Waals surface area contributed by atoms with E-state index in [0.29, 0.717) is 32.1 Å². The summed E-state index contributed by atoms with van der Waals surface area (Å²) in [4.78, 5) is 33.8. The molecule has 8 heteroatoms. The highest BCUT2D eigenvalue weighted by molar-refractivity contribution is 5.88. The molecule has 1 fully saturated rings. The first-order valence-corrected chi connectivity index (χ1v) is 10.3. The number of carbonyl (C=O) groups excluding carboxylic acids is 2. The average molecular weight is 422 g/mol. The van der Waals surface area contributed by atoms with Crippen LogP contribution in [-0.4, -0.2) is 64.0 Å². The molecule has 1 atom stereocenters. The predicted molar refractivity (Wildman–Crippen MR) is 117 cm³/mol. The van der Waals surface area contributed by atoms with Crippen LogP contribution in [-0.2, 0) is 34.0 Å². The first-order chi connectivity index (χ1) is 15.1. The van der Waals surface area contributed by atoms with Gasteiger partial charge in [-0.1, -0.05) is 42.5 Å². The number of imidazole rings is 1. The fraction of sp³-hybridized carbons (Fsp3) is 0.348. The minimum Gasteiger partial charge on any atom is -0.377 e. The van der Waals surface area contributed by atoms with Gasteiger partial charge in [0.2, 0.25) is 11.8 Å². The van der Waals surface area contributed by atoms with E-state index in [1.807, 2.05) is 47.0 Å². The molecule has 1 unspecified atom stereocenters. The van der Waals surface area contributed by atoms with Crippen LogP contribution in [0.3, 0.4) is 0 Å². The number of aromatic nitrogens is 2. The molecule has 2 aromatic carbocycles. The Labute approximate surface area is 181 Å². The normalized spacial score (nSPS) is 17.2. The summed E-state index contributed by atoms with van der Waals surface area (Å²) in [6.45, 7) is 2.65. The van der Waals surface area contributed by atoms with Gasteiger partial charge in [0.05, 0.1) is 11.0 Å². The molecule has 0 spiro atoms. The van der Waals surface area contributed by atoms with Crippen molar-refractivity contribution in [2.45, 2.75) is 25.7 Å². The summed E-state index contributed by atoms with van der Waals surface area (Å²) in [5.41, 5.74) is 8.53. The number of hydrogen-bond donors (Lipinski definition) is 1. The monoisotopic (exact) mass is 421 g/mol. The Morgan fingerprint density at radius 1 is 1.10 bits per heavy atom. The zero-order valence-electron chi connectivity index (χ0n) is 17.6. The summed E-state index contributed by atoms with van der Waals surface area (Å²) < 4.78 is 7.12. The Morgan fingerprint density at radius 2 is 1.84 bits per heavy atom. The van der Waals surface area contributed by atoms with Crippen LogP contribution in [0.4, 0.5) is 0 Å². The number of nitrogens with zero attached hydrogens (tertiary/aromatic N) is 4. The summed E-state index contributed by atoms with van der Waals surface area (Å²) in [7, 11) is 1.60. The molecule has 0 aliphatic carbocycles. The van der Waals surface area contributed by atoms with Crippen LogP contribution < -0.4 is 5.73 Å². The Morgan fingerprint density at radius 3 is 2.58 bits per heavy atom. The van der Waals surface area contributed by atoms with Gasteiger partial charge in [0.1, 0.15) is 25.0 Å². The van der Waals surface area contributed by atoms with Crippen LogP contribution in [0.25, 0.3) is 11.0 Å². The summed E-state index contributed by atoms with van der Waals surface area (Å²) >= 11 is 0. The van der Waals surface area contributed by atoms with Crippen molar-refractivity contribution < 1.29 is 14.3 Å². The predicted octanol–water partition coefficient (Wildman–Crippen LogP) is 1.38. The molecule has 1 aliphatic rings. The van der Waals surface area contributed by atoms with E-state index >= 15 is 0 Å². The van der Waals surface area contributed by atoms with Crippen LogP contribution >= 0.6 is 0 Å². The molecule has 31 heavy (non-hydrogen) atoms. The van der Waals surface area contributed by atoms with Gasteiger partial charge >= 0.3 is 0 Å². The van der Waals surface area contributed by atoms with Gasteiger partial charge < -0.3 is 19.9 Å². The molecule has 0 saturated carbocycles. The number of amides is 2. The standard InChI is InChI=1S/C23H27N5O3/c1-31-16-21-25-18-9-5-6-10-19(18)28(21)15-22(29)27-12-11-26(14-20(27)23(24)30)13-17-7-3-2-4-8-17/h2-10,20H,11-16H2,1H3,(H2,24,30). The summed E-state index contributed by atoms with van der Waals surface area (Å²) in [5.74, 6) is 0.0396. The van der Waals surface area contributed by atoms with E-state index in [-0.39, 0.29) is 12.5 Å². The highest BCUT2D eigenvalue weighted by Crippen LogP contribution is 2.19. The van der Waals surface area contributed by atoms with Crippen LogP contribution in [0.1, 0.15) is 11.4 Å². The van der Waals surface area contributed by atoms with Gasteiger partial charge in [0.15, 0.2) is 0 Å². The second kappa shape index (κ2) is 9.28. The minimum atomic E-state index is -0.661. The SMILES string of the molecule is COCc1nc2ccccc2n1CC(=O)N1CCN(Cc2ccccc2)CC1C(N)=O. The van der Waals surface area contributed by atoms with Gasteiger partial charge in [0, 0.05) is 33.3 Å². The van der Waals surface area contributed by atoms with Crippen LogP contribution in [0, 0.1) is 0 Å². The van der Waals surface area contributed by atoms with Crippen molar-refractivity contribution in [2.75, 3.05) is 26.7 Å². The molecule has 2 heterocycles. The lowest BCUT2D eigenvalue weighted by Gasteiger charge is -2.40. The smallest absolute Gasteiger partial charge is 0.243 e. The Kier molecular flexibility index (Phi) is 6.29. The van der Waals surface area contributed by atoms with Gasteiger partial charge in [-0.3, -0.25) is 14.5 Å². The molecular formula is C23H27N5O3. The Hall–Kier alpha value is -3.23. The van der Waals surface area contributed by atoms with Crippen molar-refractivity contribution in [1.82, 2.24) is 19.4 Å². The van der Waals surface area contributed by atoms with E-state index in [2.05, 4.69) is 22.0 Å².